The van der Waals surface area contributed by atoms with Crippen molar-refractivity contribution in [1.29, 1.82) is 0 Å². The molecule has 0 spiro atoms. The third kappa shape index (κ3) is 4.30. The van der Waals surface area contributed by atoms with Crippen LogP contribution in [0.3, 0.4) is 0 Å². The van der Waals surface area contributed by atoms with Gasteiger partial charge in [-0.1, -0.05) is 23.8 Å². The second-order valence-corrected chi connectivity index (χ2v) is 5.70. The largest absolute Gasteiger partial charge is 0.324 e. The van der Waals surface area contributed by atoms with E-state index < -0.39 is 0 Å². The molecule has 0 aromatic heterocycles. The summed E-state index contributed by atoms with van der Waals surface area (Å²) in [5.74, 6) is 0. The highest BCUT2D eigenvalue weighted by Gasteiger charge is 2.12. The summed E-state index contributed by atoms with van der Waals surface area (Å²) >= 11 is 0. The number of nitrogens with one attached hydrogen (secondary N) is 1. The first-order chi connectivity index (χ1) is 9.16. The molecule has 3 nitrogen and oxygen atoms in total. The van der Waals surface area contributed by atoms with Crippen molar-refractivity contribution >= 4 is 0 Å². The maximum atomic E-state index is 6.33. The Balaban J connectivity index is 1.78. The smallest absolute Gasteiger partial charge is 0.0297 e. The van der Waals surface area contributed by atoms with E-state index in [4.69, 9.17) is 5.73 Å². The van der Waals surface area contributed by atoms with Gasteiger partial charge in [-0.2, -0.15) is 0 Å². The minimum atomic E-state index is 0.184. The van der Waals surface area contributed by atoms with E-state index in [0.717, 1.165) is 19.5 Å². The molecule has 1 aromatic rings. The first kappa shape index (κ1) is 14.5. The minimum absolute atomic E-state index is 0.184. The molecule has 0 bridgehead atoms. The summed E-state index contributed by atoms with van der Waals surface area (Å²) in [7, 11) is 0. The van der Waals surface area contributed by atoms with Gasteiger partial charge >= 0.3 is 0 Å². The molecule has 1 aliphatic heterocycles. The summed E-state index contributed by atoms with van der Waals surface area (Å²) in [6.07, 6.45) is 2.27. The molecule has 19 heavy (non-hydrogen) atoms. The maximum Gasteiger partial charge on any atom is 0.0297 e. The van der Waals surface area contributed by atoms with Crippen molar-refractivity contribution in [3.8, 4) is 0 Å². The van der Waals surface area contributed by atoms with Crippen LogP contribution >= 0.6 is 0 Å². The van der Waals surface area contributed by atoms with E-state index in [0.29, 0.717) is 0 Å². The lowest BCUT2D eigenvalue weighted by Crippen LogP contribution is -2.43. The topological polar surface area (TPSA) is 41.3 Å². The summed E-state index contributed by atoms with van der Waals surface area (Å²) < 4.78 is 0. The van der Waals surface area contributed by atoms with Crippen molar-refractivity contribution in [2.45, 2.75) is 32.7 Å². The number of hydrogen-bond donors (Lipinski definition) is 2. The molecular weight excluding hydrogens is 234 g/mol. The third-order valence-corrected chi connectivity index (χ3v) is 4.02. The Morgan fingerprint density at radius 2 is 2.00 bits per heavy atom. The van der Waals surface area contributed by atoms with Crippen LogP contribution in [0.25, 0.3) is 0 Å². The van der Waals surface area contributed by atoms with Gasteiger partial charge in [0.1, 0.15) is 0 Å². The van der Waals surface area contributed by atoms with Crippen LogP contribution in [0.15, 0.2) is 18.2 Å². The Kier molecular flexibility index (Phi) is 5.37. The number of hydrogen-bond acceptors (Lipinski definition) is 3. The number of aryl methyl sites for hydroxylation is 2. The SMILES string of the molecule is Cc1ccc(C(N)CCCN2CCNCC2)c(C)c1. The van der Waals surface area contributed by atoms with Crippen molar-refractivity contribution in [2.75, 3.05) is 32.7 Å². The second kappa shape index (κ2) is 7.04. The number of nitrogens with two attached hydrogens (primary N) is 1. The van der Waals surface area contributed by atoms with Crippen molar-refractivity contribution in [3.05, 3.63) is 34.9 Å². The highest BCUT2D eigenvalue weighted by molar-refractivity contribution is 5.32. The lowest BCUT2D eigenvalue weighted by atomic mass is 9.96. The van der Waals surface area contributed by atoms with Crippen LogP contribution in [0.1, 0.15) is 35.6 Å². The first-order valence-corrected chi connectivity index (χ1v) is 7.42. The predicted octanol–water partition coefficient (Wildman–Crippen LogP) is 1.99. The molecule has 1 saturated heterocycles. The molecule has 0 amide bonds. The van der Waals surface area contributed by atoms with E-state index >= 15 is 0 Å². The quantitative estimate of drug-likeness (QED) is 0.851. The Bertz CT molecular complexity index is 397. The molecule has 1 unspecified atom stereocenters. The maximum absolute atomic E-state index is 6.33. The zero-order chi connectivity index (χ0) is 13.7. The minimum Gasteiger partial charge on any atom is -0.324 e. The molecule has 1 atom stereocenters. The second-order valence-electron chi connectivity index (χ2n) is 5.70. The van der Waals surface area contributed by atoms with Gasteiger partial charge in [0, 0.05) is 32.2 Å². The standard InChI is InChI=1S/C16H27N3/c1-13-5-6-15(14(2)12-13)16(17)4-3-9-19-10-7-18-8-11-19/h5-6,12,16,18H,3-4,7-11,17H2,1-2H3. The van der Waals surface area contributed by atoms with Gasteiger partial charge in [-0.25, -0.2) is 0 Å². The summed E-state index contributed by atoms with van der Waals surface area (Å²) in [5.41, 5.74) is 10.3. The average molecular weight is 261 g/mol. The molecule has 3 heteroatoms. The monoisotopic (exact) mass is 261 g/mol. The van der Waals surface area contributed by atoms with Crippen LogP contribution < -0.4 is 11.1 Å². The van der Waals surface area contributed by atoms with Crippen molar-refractivity contribution in [2.24, 2.45) is 5.73 Å². The van der Waals surface area contributed by atoms with Crippen molar-refractivity contribution in [3.63, 3.8) is 0 Å². The average Bonchev–Trinajstić information content (AvgIpc) is 2.39. The zero-order valence-electron chi connectivity index (χ0n) is 12.3. The molecule has 2 rings (SSSR count). The van der Waals surface area contributed by atoms with Gasteiger partial charge in [-0.05, 0) is 44.4 Å². The summed E-state index contributed by atoms with van der Waals surface area (Å²) in [4.78, 5) is 2.53. The molecule has 0 saturated carbocycles. The molecule has 1 heterocycles. The van der Waals surface area contributed by atoms with Gasteiger partial charge in [0.05, 0.1) is 0 Å². The molecule has 0 radical (unpaired) electrons. The zero-order valence-corrected chi connectivity index (χ0v) is 12.3. The van der Waals surface area contributed by atoms with E-state index in [1.54, 1.807) is 0 Å². The van der Waals surface area contributed by atoms with Crippen LogP contribution in [0.5, 0.6) is 0 Å². The Morgan fingerprint density at radius 1 is 1.26 bits per heavy atom. The number of benzene rings is 1. The molecular formula is C16H27N3. The van der Waals surface area contributed by atoms with Crippen LogP contribution in [-0.2, 0) is 0 Å². The van der Waals surface area contributed by atoms with Crippen molar-refractivity contribution < 1.29 is 0 Å². The number of nitrogens with zero attached hydrogens (tertiary/aromatic N) is 1. The van der Waals surface area contributed by atoms with Gasteiger partial charge in [-0.15, -0.1) is 0 Å². The first-order valence-electron chi connectivity index (χ1n) is 7.42. The van der Waals surface area contributed by atoms with E-state index in [2.05, 4.69) is 42.3 Å². The Morgan fingerprint density at radius 3 is 2.68 bits per heavy atom. The number of piperazine rings is 1. The number of rotatable bonds is 5. The lowest BCUT2D eigenvalue weighted by Gasteiger charge is -2.27. The fourth-order valence-electron chi connectivity index (χ4n) is 2.87. The highest BCUT2D eigenvalue weighted by Crippen LogP contribution is 2.21. The molecule has 1 aromatic carbocycles. The van der Waals surface area contributed by atoms with Crippen LogP contribution in [-0.4, -0.2) is 37.6 Å². The van der Waals surface area contributed by atoms with Crippen LogP contribution in [0.4, 0.5) is 0 Å². The van der Waals surface area contributed by atoms with Gasteiger partial charge < -0.3 is 16.0 Å². The fraction of sp³-hybridized carbons (Fsp3) is 0.625. The normalized spacial score (nSPS) is 18.5. The predicted molar refractivity (Wildman–Crippen MR) is 81.4 cm³/mol. The van der Waals surface area contributed by atoms with Gasteiger partial charge in [0.25, 0.3) is 0 Å². The van der Waals surface area contributed by atoms with Crippen LogP contribution in [0.2, 0.25) is 0 Å². The molecule has 1 aliphatic rings. The van der Waals surface area contributed by atoms with Gasteiger partial charge in [-0.3, -0.25) is 0 Å². The van der Waals surface area contributed by atoms with E-state index in [1.807, 2.05) is 0 Å². The van der Waals surface area contributed by atoms with E-state index in [-0.39, 0.29) is 6.04 Å². The van der Waals surface area contributed by atoms with Gasteiger partial charge in [0.2, 0.25) is 0 Å². The summed E-state index contributed by atoms with van der Waals surface area (Å²) in [5, 5.41) is 3.39. The highest BCUT2D eigenvalue weighted by atomic mass is 15.2. The van der Waals surface area contributed by atoms with Crippen LogP contribution in [0, 0.1) is 13.8 Å². The van der Waals surface area contributed by atoms with E-state index in [1.165, 1.54) is 42.7 Å². The molecule has 0 aliphatic carbocycles. The molecule has 106 valence electrons. The van der Waals surface area contributed by atoms with Crippen molar-refractivity contribution in [1.82, 2.24) is 10.2 Å². The summed E-state index contributed by atoms with van der Waals surface area (Å²) in [6.45, 7) is 10.1. The lowest BCUT2D eigenvalue weighted by molar-refractivity contribution is 0.235. The Labute approximate surface area is 117 Å². The van der Waals surface area contributed by atoms with Gasteiger partial charge in [0.15, 0.2) is 0 Å². The Hall–Kier alpha value is -0.900. The van der Waals surface area contributed by atoms with E-state index in [9.17, 15) is 0 Å². The summed E-state index contributed by atoms with van der Waals surface area (Å²) in [6, 6.07) is 6.77. The molecule has 1 fully saturated rings. The molecule has 3 N–H and O–H groups in total. The fourth-order valence-corrected chi connectivity index (χ4v) is 2.87. The third-order valence-electron chi connectivity index (χ3n) is 4.02.